The maximum Gasteiger partial charge on any atom is 0.0366 e. The largest absolute Gasteiger partial charge is 0.371 e. The van der Waals surface area contributed by atoms with E-state index in [1.807, 2.05) is 0 Å². The highest BCUT2D eigenvalue weighted by atomic mass is 15.1. The molecule has 1 aromatic carbocycles. The quantitative estimate of drug-likeness (QED) is 0.752. The number of benzene rings is 1. The second kappa shape index (κ2) is 6.13. The molecular formula is C19H23N. The van der Waals surface area contributed by atoms with Crippen LogP contribution in [-0.4, -0.2) is 13.1 Å². The molecule has 0 radical (unpaired) electrons. The number of hydrogen-bond donors (Lipinski definition) is 0. The Morgan fingerprint density at radius 2 is 1.75 bits per heavy atom. The zero-order valence-corrected chi connectivity index (χ0v) is 12.3. The Bertz CT molecular complexity index is 525. The van der Waals surface area contributed by atoms with Crippen LogP contribution in [0.5, 0.6) is 0 Å². The van der Waals surface area contributed by atoms with E-state index in [1.54, 1.807) is 5.57 Å². The normalized spacial score (nSPS) is 19.9. The van der Waals surface area contributed by atoms with Gasteiger partial charge in [0.1, 0.15) is 0 Å². The molecule has 1 aliphatic carbocycles. The van der Waals surface area contributed by atoms with E-state index in [2.05, 4.69) is 66.5 Å². The summed E-state index contributed by atoms with van der Waals surface area (Å²) in [6.45, 7) is 4.49. The molecule has 1 saturated heterocycles. The third-order valence-corrected chi connectivity index (χ3v) is 4.39. The fourth-order valence-corrected chi connectivity index (χ4v) is 3.13. The zero-order valence-electron chi connectivity index (χ0n) is 12.3. The first-order chi connectivity index (χ1) is 9.83. The average Bonchev–Trinajstić information content (AvgIpc) is 2.77. The van der Waals surface area contributed by atoms with Crippen molar-refractivity contribution in [1.82, 2.24) is 0 Å². The van der Waals surface area contributed by atoms with E-state index in [0.29, 0.717) is 0 Å². The second-order valence-electron chi connectivity index (χ2n) is 5.82. The molecule has 0 amide bonds. The summed E-state index contributed by atoms with van der Waals surface area (Å²) >= 11 is 0. The minimum Gasteiger partial charge on any atom is -0.371 e. The molecule has 1 nitrogen and oxygen atoms in total. The van der Waals surface area contributed by atoms with Gasteiger partial charge in [-0.2, -0.15) is 0 Å². The Hall–Kier alpha value is -1.76. The number of hydrogen-bond acceptors (Lipinski definition) is 1. The van der Waals surface area contributed by atoms with Gasteiger partial charge in [0, 0.05) is 18.8 Å². The van der Waals surface area contributed by atoms with Gasteiger partial charge in [-0.3, -0.25) is 0 Å². The van der Waals surface area contributed by atoms with Crippen LogP contribution in [0.3, 0.4) is 0 Å². The van der Waals surface area contributed by atoms with E-state index < -0.39 is 0 Å². The minimum absolute atomic E-state index is 0.743. The molecule has 1 aliphatic heterocycles. The molecule has 0 unspecified atom stereocenters. The first-order valence-corrected chi connectivity index (χ1v) is 7.68. The standard InChI is InChI=1S/C19H23N/c1-16-8-10-19(11-9-16)20-14-12-18(13-15-20)17-6-4-2-3-5-7-17/h2-4,6-11,18H,5,12-15H2,1H3. The van der Waals surface area contributed by atoms with Crippen LogP contribution in [0.4, 0.5) is 5.69 Å². The Morgan fingerprint density at radius 3 is 2.50 bits per heavy atom. The van der Waals surface area contributed by atoms with Crippen molar-refractivity contribution in [3.05, 3.63) is 65.8 Å². The summed E-state index contributed by atoms with van der Waals surface area (Å²) in [5, 5.41) is 0. The molecule has 1 fully saturated rings. The summed E-state index contributed by atoms with van der Waals surface area (Å²) in [7, 11) is 0. The minimum atomic E-state index is 0.743. The smallest absolute Gasteiger partial charge is 0.0366 e. The van der Waals surface area contributed by atoms with Gasteiger partial charge in [0.25, 0.3) is 0 Å². The number of anilines is 1. The molecule has 1 aromatic rings. The van der Waals surface area contributed by atoms with E-state index in [4.69, 9.17) is 0 Å². The maximum atomic E-state index is 2.52. The first-order valence-electron chi connectivity index (χ1n) is 7.68. The maximum absolute atomic E-state index is 2.52. The van der Waals surface area contributed by atoms with Crippen LogP contribution >= 0.6 is 0 Å². The number of rotatable bonds is 2. The molecule has 0 spiro atoms. The number of allylic oxidation sites excluding steroid dienone is 6. The summed E-state index contributed by atoms with van der Waals surface area (Å²) in [4.78, 5) is 2.52. The summed E-state index contributed by atoms with van der Waals surface area (Å²) in [6.07, 6.45) is 14.9. The van der Waals surface area contributed by atoms with Crippen molar-refractivity contribution in [3.63, 3.8) is 0 Å². The van der Waals surface area contributed by atoms with Crippen molar-refractivity contribution in [2.75, 3.05) is 18.0 Å². The first kappa shape index (κ1) is 13.2. The van der Waals surface area contributed by atoms with Crippen LogP contribution in [0.1, 0.15) is 24.8 Å². The van der Waals surface area contributed by atoms with Crippen LogP contribution in [-0.2, 0) is 0 Å². The highest BCUT2D eigenvalue weighted by Crippen LogP contribution is 2.29. The molecule has 2 aliphatic rings. The average molecular weight is 265 g/mol. The fraction of sp³-hybridized carbons (Fsp3) is 0.368. The highest BCUT2D eigenvalue weighted by Gasteiger charge is 2.21. The number of aryl methyl sites for hydroxylation is 1. The Kier molecular flexibility index (Phi) is 4.05. The van der Waals surface area contributed by atoms with Crippen molar-refractivity contribution < 1.29 is 0 Å². The SMILES string of the molecule is Cc1ccc(N2CCC(C3=CCC=CC=C3)CC2)cc1. The molecule has 0 saturated carbocycles. The second-order valence-corrected chi connectivity index (χ2v) is 5.82. The summed E-state index contributed by atoms with van der Waals surface area (Å²) in [5.41, 5.74) is 4.25. The topological polar surface area (TPSA) is 3.24 Å². The fourth-order valence-electron chi connectivity index (χ4n) is 3.13. The van der Waals surface area contributed by atoms with Gasteiger partial charge in [-0.25, -0.2) is 0 Å². The van der Waals surface area contributed by atoms with E-state index in [-0.39, 0.29) is 0 Å². The molecule has 1 heteroatoms. The zero-order chi connectivity index (χ0) is 13.8. The van der Waals surface area contributed by atoms with Gasteiger partial charge in [0.05, 0.1) is 0 Å². The van der Waals surface area contributed by atoms with Crippen molar-refractivity contribution in [2.45, 2.75) is 26.2 Å². The number of piperidine rings is 1. The number of nitrogens with zero attached hydrogens (tertiary/aromatic N) is 1. The lowest BCUT2D eigenvalue weighted by molar-refractivity contribution is 0.464. The monoisotopic (exact) mass is 265 g/mol. The Balaban J connectivity index is 1.62. The van der Waals surface area contributed by atoms with Crippen LogP contribution in [0, 0.1) is 12.8 Å². The van der Waals surface area contributed by atoms with Gasteiger partial charge >= 0.3 is 0 Å². The summed E-state index contributed by atoms with van der Waals surface area (Å²) < 4.78 is 0. The Labute approximate surface area is 122 Å². The van der Waals surface area contributed by atoms with Gasteiger partial charge in [0.15, 0.2) is 0 Å². The third-order valence-electron chi connectivity index (χ3n) is 4.39. The van der Waals surface area contributed by atoms with Gasteiger partial charge in [-0.15, -0.1) is 0 Å². The molecule has 0 N–H and O–H groups in total. The molecule has 3 rings (SSSR count). The molecule has 20 heavy (non-hydrogen) atoms. The molecule has 104 valence electrons. The summed E-state index contributed by atoms with van der Waals surface area (Å²) in [5.74, 6) is 0.743. The summed E-state index contributed by atoms with van der Waals surface area (Å²) in [6, 6.07) is 8.93. The predicted octanol–water partition coefficient (Wildman–Crippen LogP) is 4.65. The lowest BCUT2D eigenvalue weighted by atomic mass is 9.88. The molecule has 0 atom stereocenters. The highest BCUT2D eigenvalue weighted by molar-refractivity contribution is 5.48. The van der Waals surface area contributed by atoms with Crippen molar-refractivity contribution in [2.24, 2.45) is 5.92 Å². The van der Waals surface area contributed by atoms with E-state index in [9.17, 15) is 0 Å². The third kappa shape index (κ3) is 3.04. The van der Waals surface area contributed by atoms with Crippen LogP contribution in [0.25, 0.3) is 0 Å². The van der Waals surface area contributed by atoms with Gasteiger partial charge in [-0.1, -0.05) is 48.1 Å². The lowest BCUT2D eigenvalue weighted by Gasteiger charge is -2.34. The van der Waals surface area contributed by atoms with E-state index in [1.165, 1.54) is 37.2 Å². The van der Waals surface area contributed by atoms with Gasteiger partial charge in [0.2, 0.25) is 0 Å². The lowest BCUT2D eigenvalue weighted by Crippen LogP contribution is -2.34. The van der Waals surface area contributed by atoms with E-state index in [0.717, 1.165) is 12.3 Å². The van der Waals surface area contributed by atoms with Crippen molar-refractivity contribution >= 4 is 5.69 Å². The predicted molar refractivity (Wildman–Crippen MR) is 87.1 cm³/mol. The van der Waals surface area contributed by atoms with Crippen LogP contribution in [0.2, 0.25) is 0 Å². The molecule has 1 heterocycles. The van der Waals surface area contributed by atoms with Crippen molar-refractivity contribution in [3.8, 4) is 0 Å². The van der Waals surface area contributed by atoms with Gasteiger partial charge in [-0.05, 0) is 49.8 Å². The van der Waals surface area contributed by atoms with Crippen LogP contribution in [0.15, 0.2) is 60.2 Å². The van der Waals surface area contributed by atoms with Crippen LogP contribution < -0.4 is 4.90 Å². The Morgan fingerprint density at radius 1 is 1.00 bits per heavy atom. The molecular weight excluding hydrogens is 242 g/mol. The molecule has 0 aromatic heterocycles. The van der Waals surface area contributed by atoms with Crippen molar-refractivity contribution in [1.29, 1.82) is 0 Å². The van der Waals surface area contributed by atoms with E-state index >= 15 is 0 Å². The van der Waals surface area contributed by atoms with Gasteiger partial charge < -0.3 is 4.90 Å². The molecule has 0 bridgehead atoms.